The lowest BCUT2D eigenvalue weighted by Gasteiger charge is -2.25. The summed E-state index contributed by atoms with van der Waals surface area (Å²) in [4.78, 5) is 27.3. The first kappa shape index (κ1) is 23.9. The Kier molecular flexibility index (Phi) is 7.74. The molecule has 0 aliphatic carbocycles. The highest BCUT2D eigenvalue weighted by Crippen LogP contribution is 2.41. The van der Waals surface area contributed by atoms with Crippen molar-refractivity contribution in [2.75, 3.05) is 34.0 Å². The molecule has 1 heterocycles. The van der Waals surface area contributed by atoms with E-state index in [4.69, 9.17) is 14.2 Å². The third kappa shape index (κ3) is 5.01. The normalized spacial score (nSPS) is 17.3. The van der Waals surface area contributed by atoms with Crippen LogP contribution in [0.2, 0.25) is 0 Å². The van der Waals surface area contributed by atoms with Crippen LogP contribution < -0.4 is 9.47 Å². The molecule has 2 aromatic rings. The zero-order valence-electron chi connectivity index (χ0n) is 18.6. The first-order chi connectivity index (χ1) is 15.9. The van der Waals surface area contributed by atoms with Gasteiger partial charge in [-0.3, -0.25) is 9.59 Å². The number of methoxy groups -OCH3 is 2. The Bertz CT molecular complexity index is 1060. The summed E-state index contributed by atoms with van der Waals surface area (Å²) in [5.74, 6) is -1.10. The number of phenolic OH excluding ortho intramolecular Hbond substituents is 1. The number of aromatic hydroxyl groups is 1. The fourth-order valence-electron chi connectivity index (χ4n) is 3.72. The summed E-state index contributed by atoms with van der Waals surface area (Å²) in [5.41, 5.74) is 0.852. The Morgan fingerprint density at radius 2 is 1.88 bits per heavy atom. The molecule has 0 aromatic heterocycles. The summed E-state index contributed by atoms with van der Waals surface area (Å²) in [5, 5.41) is 21.1. The molecule has 1 amide bonds. The molecule has 1 aliphatic rings. The largest absolute Gasteiger partial charge is 0.507 e. The number of phenols is 1. The van der Waals surface area contributed by atoms with Gasteiger partial charge in [-0.1, -0.05) is 18.7 Å². The van der Waals surface area contributed by atoms with E-state index >= 15 is 0 Å². The number of amides is 1. The molecular weight excluding hydrogens is 426 g/mol. The number of Topliss-reactive ketones (excluding diaryl/α,β-unsaturated/α-hetero) is 1. The monoisotopic (exact) mass is 453 g/mol. The second-order valence-electron chi connectivity index (χ2n) is 7.39. The standard InChI is InChI=1S/C25H27NO7/c1-4-13-33-18-9-6-16(7-10-18)23(28)21-22(17-8-11-19(27)20(15-17)32-3)26(12-5-14-31-2)25(30)24(21)29/h4,6-11,15,22,27-28H,1,5,12-14H2,2-3H3/t22-/m0/s1. The van der Waals surface area contributed by atoms with Gasteiger partial charge in [0.25, 0.3) is 11.7 Å². The first-order valence-electron chi connectivity index (χ1n) is 10.4. The third-order valence-electron chi connectivity index (χ3n) is 5.30. The smallest absolute Gasteiger partial charge is 0.295 e. The molecule has 0 spiro atoms. The van der Waals surface area contributed by atoms with Crippen LogP contribution in [0, 0.1) is 0 Å². The van der Waals surface area contributed by atoms with Gasteiger partial charge in [0.05, 0.1) is 18.7 Å². The zero-order valence-corrected chi connectivity index (χ0v) is 18.6. The van der Waals surface area contributed by atoms with E-state index in [9.17, 15) is 19.8 Å². The number of hydrogen-bond acceptors (Lipinski definition) is 7. The fourth-order valence-corrected chi connectivity index (χ4v) is 3.72. The summed E-state index contributed by atoms with van der Waals surface area (Å²) in [7, 11) is 2.96. The molecule has 0 unspecified atom stereocenters. The minimum atomic E-state index is -0.854. The lowest BCUT2D eigenvalue weighted by Crippen LogP contribution is -2.31. The Balaban J connectivity index is 2.08. The lowest BCUT2D eigenvalue weighted by molar-refractivity contribution is -0.140. The van der Waals surface area contributed by atoms with Crippen LogP contribution in [0.25, 0.3) is 5.76 Å². The van der Waals surface area contributed by atoms with Crippen molar-refractivity contribution in [3.63, 3.8) is 0 Å². The van der Waals surface area contributed by atoms with Crippen molar-refractivity contribution >= 4 is 17.4 Å². The van der Waals surface area contributed by atoms with E-state index in [2.05, 4.69) is 6.58 Å². The molecule has 2 N–H and O–H groups in total. The Labute approximate surface area is 192 Å². The van der Waals surface area contributed by atoms with E-state index in [1.807, 2.05) is 0 Å². The van der Waals surface area contributed by atoms with E-state index < -0.39 is 17.7 Å². The highest BCUT2D eigenvalue weighted by atomic mass is 16.5. The number of ether oxygens (including phenoxy) is 3. The van der Waals surface area contributed by atoms with E-state index in [0.717, 1.165) is 0 Å². The molecule has 1 atom stereocenters. The fraction of sp³-hybridized carbons (Fsp3) is 0.280. The average Bonchev–Trinajstić information content (AvgIpc) is 3.08. The quantitative estimate of drug-likeness (QED) is 0.187. The maximum atomic E-state index is 13.0. The third-order valence-corrected chi connectivity index (χ3v) is 5.30. The maximum Gasteiger partial charge on any atom is 0.295 e. The van der Waals surface area contributed by atoms with Crippen LogP contribution in [0.15, 0.2) is 60.7 Å². The van der Waals surface area contributed by atoms with Gasteiger partial charge < -0.3 is 29.3 Å². The van der Waals surface area contributed by atoms with Crippen molar-refractivity contribution in [1.82, 2.24) is 4.90 Å². The van der Waals surface area contributed by atoms with Gasteiger partial charge in [0, 0.05) is 25.8 Å². The van der Waals surface area contributed by atoms with E-state index in [1.54, 1.807) is 49.6 Å². The van der Waals surface area contributed by atoms with Gasteiger partial charge in [-0.15, -0.1) is 0 Å². The molecule has 8 nitrogen and oxygen atoms in total. The number of rotatable bonds is 10. The van der Waals surface area contributed by atoms with Gasteiger partial charge in [-0.25, -0.2) is 0 Å². The molecule has 174 valence electrons. The van der Waals surface area contributed by atoms with Crippen LogP contribution in [0.4, 0.5) is 0 Å². The molecule has 33 heavy (non-hydrogen) atoms. The number of likely N-dealkylation sites (tertiary alicyclic amines) is 1. The Morgan fingerprint density at radius 3 is 2.52 bits per heavy atom. The lowest BCUT2D eigenvalue weighted by atomic mass is 9.95. The van der Waals surface area contributed by atoms with Crippen LogP contribution >= 0.6 is 0 Å². The van der Waals surface area contributed by atoms with Crippen molar-refractivity contribution in [3.8, 4) is 17.2 Å². The molecule has 1 fully saturated rings. The number of benzene rings is 2. The zero-order chi connectivity index (χ0) is 24.0. The van der Waals surface area contributed by atoms with Crippen LogP contribution in [0.1, 0.15) is 23.6 Å². The van der Waals surface area contributed by atoms with Crippen LogP contribution in [0.5, 0.6) is 17.2 Å². The summed E-state index contributed by atoms with van der Waals surface area (Å²) in [6.07, 6.45) is 2.12. The number of carbonyl (C=O) groups is 2. The molecule has 0 radical (unpaired) electrons. The molecule has 0 bridgehead atoms. The van der Waals surface area contributed by atoms with Gasteiger partial charge >= 0.3 is 0 Å². The molecule has 1 aliphatic heterocycles. The summed E-state index contributed by atoms with van der Waals surface area (Å²) >= 11 is 0. The summed E-state index contributed by atoms with van der Waals surface area (Å²) in [6, 6.07) is 10.3. The number of ketones is 1. The molecule has 0 saturated carbocycles. The second kappa shape index (κ2) is 10.7. The SMILES string of the molecule is C=CCOc1ccc(C(O)=C2C(=O)C(=O)N(CCCOC)[C@H]2c2ccc(O)c(OC)c2)cc1. The van der Waals surface area contributed by atoms with Gasteiger partial charge in [-0.2, -0.15) is 0 Å². The van der Waals surface area contributed by atoms with E-state index in [0.29, 0.717) is 36.5 Å². The van der Waals surface area contributed by atoms with Crippen molar-refractivity contribution in [1.29, 1.82) is 0 Å². The molecule has 1 saturated heterocycles. The van der Waals surface area contributed by atoms with Crippen molar-refractivity contribution in [2.45, 2.75) is 12.5 Å². The molecular formula is C25H27NO7. The first-order valence-corrected chi connectivity index (χ1v) is 10.4. The van der Waals surface area contributed by atoms with Crippen molar-refractivity contribution < 1.29 is 34.0 Å². The molecule has 8 heteroatoms. The second-order valence-corrected chi connectivity index (χ2v) is 7.39. The van der Waals surface area contributed by atoms with Crippen molar-refractivity contribution in [2.24, 2.45) is 0 Å². The molecule has 3 rings (SSSR count). The number of aliphatic hydroxyl groups excluding tert-OH is 1. The summed E-state index contributed by atoms with van der Waals surface area (Å²) < 4.78 is 15.7. The summed E-state index contributed by atoms with van der Waals surface area (Å²) in [6.45, 7) is 4.58. The average molecular weight is 453 g/mol. The Hall–Kier alpha value is -3.78. The molecule has 2 aromatic carbocycles. The highest BCUT2D eigenvalue weighted by molar-refractivity contribution is 6.46. The van der Waals surface area contributed by atoms with Gasteiger partial charge in [-0.05, 0) is 48.4 Å². The van der Waals surface area contributed by atoms with Crippen LogP contribution in [0.3, 0.4) is 0 Å². The van der Waals surface area contributed by atoms with Gasteiger partial charge in [0.2, 0.25) is 0 Å². The maximum absolute atomic E-state index is 13.0. The number of hydrogen-bond donors (Lipinski definition) is 2. The Morgan fingerprint density at radius 1 is 1.15 bits per heavy atom. The highest BCUT2D eigenvalue weighted by Gasteiger charge is 2.46. The number of carbonyl (C=O) groups excluding carboxylic acids is 2. The minimum absolute atomic E-state index is 0.0371. The van der Waals surface area contributed by atoms with Gasteiger partial charge in [0.15, 0.2) is 11.5 Å². The van der Waals surface area contributed by atoms with Crippen LogP contribution in [-0.4, -0.2) is 60.8 Å². The predicted molar refractivity (Wildman–Crippen MR) is 122 cm³/mol. The topological polar surface area (TPSA) is 106 Å². The number of aliphatic hydroxyl groups is 1. The number of nitrogens with zero attached hydrogens (tertiary/aromatic N) is 1. The van der Waals surface area contributed by atoms with Crippen molar-refractivity contribution in [3.05, 3.63) is 71.8 Å². The van der Waals surface area contributed by atoms with Crippen LogP contribution in [-0.2, 0) is 14.3 Å². The predicted octanol–water partition coefficient (Wildman–Crippen LogP) is 3.42. The van der Waals surface area contributed by atoms with E-state index in [-0.39, 0.29) is 29.4 Å². The van der Waals surface area contributed by atoms with Gasteiger partial charge in [0.1, 0.15) is 18.1 Å². The van der Waals surface area contributed by atoms with E-state index in [1.165, 1.54) is 18.1 Å². The minimum Gasteiger partial charge on any atom is -0.507 e.